The third kappa shape index (κ3) is 2.11. The summed E-state index contributed by atoms with van der Waals surface area (Å²) in [5.74, 6) is 1.91. The number of nitrogens with zero attached hydrogens (tertiary/aromatic N) is 1. The Bertz CT molecular complexity index is 688. The minimum absolute atomic E-state index is 0.430. The molecule has 0 radical (unpaired) electrons. The molecule has 0 saturated heterocycles. The van der Waals surface area contributed by atoms with Crippen LogP contribution in [0.2, 0.25) is 0 Å². The van der Waals surface area contributed by atoms with Crippen molar-refractivity contribution in [2.75, 3.05) is 5.73 Å². The zero-order chi connectivity index (χ0) is 14.2. The van der Waals surface area contributed by atoms with E-state index in [2.05, 4.69) is 70.6 Å². The average molecular weight is 275 g/mol. The number of hydrogen-bond donors (Lipinski definition) is 2. The molecule has 3 aromatic rings. The summed E-state index contributed by atoms with van der Waals surface area (Å²) in [5, 5.41) is 0. The molecule has 1 aromatic heterocycles. The third-order valence-electron chi connectivity index (χ3n) is 4.36. The van der Waals surface area contributed by atoms with Crippen LogP contribution in [-0.4, -0.2) is 9.97 Å². The average Bonchev–Trinajstić information content (AvgIpc) is 3.15. The molecule has 0 bridgehead atoms. The lowest BCUT2D eigenvalue weighted by molar-refractivity contribution is 0.976. The lowest BCUT2D eigenvalue weighted by Gasteiger charge is -2.00. The van der Waals surface area contributed by atoms with Crippen molar-refractivity contribution >= 4 is 5.95 Å². The van der Waals surface area contributed by atoms with Gasteiger partial charge in [0.05, 0.1) is 6.20 Å². The van der Waals surface area contributed by atoms with Crippen LogP contribution in [0.3, 0.4) is 0 Å². The molecule has 2 unspecified atom stereocenters. The van der Waals surface area contributed by atoms with Gasteiger partial charge < -0.3 is 10.7 Å². The molecule has 1 aliphatic carbocycles. The van der Waals surface area contributed by atoms with Gasteiger partial charge in [-0.1, -0.05) is 60.7 Å². The van der Waals surface area contributed by atoms with Crippen molar-refractivity contribution in [3.05, 3.63) is 83.7 Å². The first kappa shape index (κ1) is 12.2. The quantitative estimate of drug-likeness (QED) is 0.766. The van der Waals surface area contributed by atoms with Gasteiger partial charge in [-0.2, -0.15) is 0 Å². The van der Waals surface area contributed by atoms with Gasteiger partial charge in [0.25, 0.3) is 0 Å². The molecule has 0 amide bonds. The van der Waals surface area contributed by atoms with Crippen LogP contribution in [0.4, 0.5) is 5.95 Å². The molecular formula is C18H17N3. The zero-order valence-corrected chi connectivity index (χ0v) is 11.6. The maximum absolute atomic E-state index is 5.75. The number of imidazole rings is 1. The maximum Gasteiger partial charge on any atom is 0.197 e. The fourth-order valence-corrected chi connectivity index (χ4v) is 3.40. The first-order valence-corrected chi connectivity index (χ1v) is 7.25. The summed E-state index contributed by atoms with van der Waals surface area (Å²) in [5.41, 5.74) is 9.64. The Balaban J connectivity index is 1.73. The van der Waals surface area contributed by atoms with Crippen molar-refractivity contribution in [3.63, 3.8) is 0 Å². The van der Waals surface area contributed by atoms with Gasteiger partial charge in [0.1, 0.15) is 0 Å². The van der Waals surface area contributed by atoms with Gasteiger partial charge in [-0.05, 0) is 11.1 Å². The highest BCUT2D eigenvalue weighted by Gasteiger charge is 2.53. The number of nitrogens with two attached hydrogens (primary N) is 1. The summed E-state index contributed by atoms with van der Waals surface area (Å²) in [6, 6.07) is 21.4. The van der Waals surface area contributed by atoms with E-state index >= 15 is 0 Å². The molecule has 1 heterocycles. The van der Waals surface area contributed by atoms with E-state index in [4.69, 9.17) is 5.73 Å². The molecular weight excluding hydrogens is 258 g/mol. The van der Waals surface area contributed by atoms with Gasteiger partial charge in [-0.25, -0.2) is 4.98 Å². The van der Waals surface area contributed by atoms with E-state index < -0.39 is 0 Å². The highest BCUT2D eigenvalue weighted by atomic mass is 15.0. The van der Waals surface area contributed by atoms with Crippen molar-refractivity contribution in [2.24, 2.45) is 0 Å². The second-order valence-electron chi connectivity index (χ2n) is 5.62. The highest BCUT2D eigenvalue weighted by molar-refractivity contribution is 5.46. The molecule has 0 spiro atoms. The molecule has 3 heteroatoms. The van der Waals surface area contributed by atoms with Crippen LogP contribution < -0.4 is 5.73 Å². The molecule has 2 aromatic carbocycles. The van der Waals surface area contributed by atoms with E-state index in [-0.39, 0.29) is 0 Å². The van der Waals surface area contributed by atoms with Crippen LogP contribution >= 0.6 is 0 Å². The topological polar surface area (TPSA) is 54.7 Å². The van der Waals surface area contributed by atoms with Crippen LogP contribution in [0, 0.1) is 0 Å². The molecule has 1 fully saturated rings. The van der Waals surface area contributed by atoms with Crippen LogP contribution in [0.25, 0.3) is 0 Å². The molecule has 1 saturated carbocycles. The summed E-state index contributed by atoms with van der Waals surface area (Å²) in [4.78, 5) is 7.36. The summed E-state index contributed by atoms with van der Waals surface area (Å²) in [6.45, 7) is 0. The van der Waals surface area contributed by atoms with Gasteiger partial charge in [-0.3, -0.25) is 0 Å². The van der Waals surface area contributed by atoms with Gasteiger partial charge in [-0.15, -0.1) is 0 Å². The van der Waals surface area contributed by atoms with Crippen LogP contribution in [0.15, 0.2) is 66.9 Å². The number of hydrogen-bond acceptors (Lipinski definition) is 2. The SMILES string of the molecule is Nc1ncc(C2C(c3ccccc3)C2c2ccccc2)[nH]1. The number of anilines is 1. The van der Waals surface area contributed by atoms with E-state index in [1.54, 1.807) is 0 Å². The van der Waals surface area contributed by atoms with E-state index in [9.17, 15) is 0 Å². The number of H-pyrrole nitrogens is 1. The first-order chi connectivity index (χ1) is 10.3. The van der Waals surface area contributed by atoms with Gasteiger partial charge in [0.15, 0.2) is 5.95 Å². The Morgan fingerprint density at radius 2 is 1.29 bits per heavy atom. The number of nitrogen functional groups attached to an aromatic ring is 1. The Kier molecular flexibility index (Phi) is 2.78. The van der Waals surface area contributed by atoms with E-state index in [0.717, 1.165) is 5.69 Å². The molecule has 4 rings (SSSR count). The minimum Gasteiger partial charge on any atom is -0.369 e. The van der Waals surface area contributed by atoms with Crippen LogP contribution in [-0.2, 0) is 0 Å². The first-order valence-electron chi connectivity index (χ1n) is 7.25. The fourth-order valence-electron chi connectivity index (χ4n) is 3.40. The predicted molar refractivity (Wildman–Crippen MR) is 84.1 cm³/mol. The predicted octanol–water partition coefficient (Wildman–Crippen LogP) is 3.66. The maximum atomic E-state index is 5.75. The molecule has 21 heavy (non-hydrogen) atoms. The molecule has 104 valence electrons. The van der Waals surface area contributed by atoms with Crippen molar-refractivity contribution < 1.29 is 0 Å². The lowest BCUT2D eigenvalue weighted by atomic mass is 10.0. The number of aromatic amines is 1. The summed E-state index contributed by atoms with van der Waals surface area (Å²) < 4.78 is 0. The second kappa shape index (κ2) is 4.77. The van der Waals surface area contributed by atoms with Crippen molar-refractivity contribution in [2.45, 2.75) is 17.8 Å². The van der Waals surface area contributed by atoms with E-state index in [1.165, 1.54) is 11.1 Å². The number of nitrogens with one attached hydrogen (secondary N) is 1. The Morgan fingerprint density at radius 1 is 0.762 bits per heavy atom. The molecule has 2 atom stereocenters. The van der Waals surface area contributed by atoms with Crippen molar-refractivity contribution in [1.29, 1.82) is 0 Å². The van der Waals surface area contributed by atoms with Gasteiger partial charge in [0.2, 0.25) is 0 Å². The molecule has 3 N–H and O–H groups in total. The fraction of sp³-hybridized carbons (Fsp3) is 0.167. The monoisotopic (exact) mass is 275 g/mol. The largest absolute Gasteiger partial charge is 0.369 e. The number of rotatable bonds is 3. The van der Waals surface area contributed by atoms with E-state index in [1.807, 2.05) is 6.20 Å². The Labute approximate surface area is 123 Å². The van der Waals surface area contributed by atoms with Crippen LogP contribution in [0.5, 0.6) is 0 Å². The molecule has 3 nitrogen and oxygen atoms in total. The summed E-state index contributed by atoms with van der Waals surface area (Å²) in [6.07, 6.45) is 1.87. The normalized spacial score (nSPS) is 23.9. The zero-order valence-electron chi connectivity index (χ0n) is 11.6. The number of aromatic nitrogens is 2. The Hall–Kier alpha value is -2.55. The van der Waals surface area contributed by atoms with E-state index in [0.29, 0.717) is 23.7 Å². The summed E-state index contributed by atoms with van der Waals surface area (Å²) in [7, 11) is 0. The molecule has 1 aliphatic rings. The number of benzene rings is 2. The van der Waals surface area contributed by atoms with Gasteiger partial charge in [0, 0.05) is 23.4 Å². The Morgan fingerprint density at radius 3 is 1.71 bits per heavy atom. The molecule has 0 aliphatic heterocycles. The standard InChI is InChI=1S/C18H17N3/c19-18-20-11-14(21-18)17-15(12-7-3-1-4-8-12)16(17)13-9-5-2-6-10-13/h1-11,15-17H,(H3,19,20,21). The lowest BCUT2D eigenvalue weighted by Crippen LogP contribution is -1.88. The van der Waals surface area contributed by atoms with Crippen molar-refractivity contribution in [3.8, 4) is 0 Å². The minimum atomic E-state index is 0.430. The summed E-state index contributed by atoms with van der Waals surface area (Å²) >= 11 is 0. The smallest absolute Gasteiger partial charge is 0.197 e. The third-order valence-corrected chi connectivity index (χ3v) is 4.36. The van der Waals surface area contributed by atoms with Crippen molar-refractivity contribution in [1.82, 2.24) is 9.97 Å². The van der Waals surface area contributed by atoms with Gasteiger partial charge >= 0.3 is 0 Å². The second-order valence-corrected chi connectivity index (χ2v) is 5.62. The highest BCUT2D eigenvalue weighted by Crippen LogP contribution is 2.65. The van der Waals surface area contributed by atoms with Crippen LogP contribution in [0.1, 0.15) is 34.6 Å².